The van der Waals surface area contributed by atoms with Gasteiger partial charge in [-0.05, 0) is 44.2 Å². The van der Waals surface area contributed by atoms with Crippen LogP contribution in [0.15, 0.2) is 40.9 Å². The van der Waals surface area contributed by atoms with E-state index < -0.39 is 0 Å². The molecular weight excluding hydrogens is 208 g/mol. The maximum Gasteiger partial charge on any atom is 0.0446 e. The van der Waals surface area contributed by atoms with Crippen molar-refractivity contribution in [1.82, 2.24) is 0 Å². The van der Waals surface area contributed by atoms with Crippen LogP contribution in [0.1, 0.15) is 38.7 Å². The first kappa shape index (κ1) is 11.9. The largest absolute Gasteiger partial charge is 0.398 e. The molecule has 2 N–H and O–H groups in total. The van der Waals surface area contributed by atoms with Crippen molar-refractivity contribution in [1.29, 1.82) is 0 Å². The molecule has 0 saturated heterocycles. The average molecular weight is 228 g/mol. The molecule has 17 heavy (non-hydrogen) atoms. The van der Waals surface area contributed by atoms with Gasteiger partial charge >= 0.3 is 0 Å². The highest BCUT2D eigenvalue weighted by Crippen LogP contribution is 2.27. The summed E-state index contributed by atoms with van der Waals surface area (Å²) in [7, 11) is 0. The third-order valence-electron chi connectivity index (χ3n) is 3.01. The summed E-state index contributed by atoms with van der Waals surface area (Å²) in [5.41, 5.74) is 10.7. The third kappa shape index (κ3) is 2.76. The minimum Gasteiger partial charge on any atom is -0.398 e. The van der Waals surface area contributed by atoms with Crippen molar-refractivity contribution in [2.24, 2.45) is 10.7 Å². The number of nitrogens with zero attached hydrogens (tertiary/aromatic N) is 1. The second-order valence-electron chi connectivity index (χ2n) is 4.78. The summed E-state index contributed by atoms with van der Waals surface area (Å²) in [5.74, 6) is 0. The maximum absolute atomic E-state index is 6.27. The monoisotopic (exact) mass is 228 g/mol. The van der Waals surface area contributed by atoms with Gasteiger partial charge in [-0.2, -0.15) is 0 Å². The molecule has 0 bridgehead atoms. The van der Waals surface area contributed by atoms with Gasteiger partial charge < -0.3 is 5.73 Å². The Morgan fingerprint density at radius 2 is 1.88 bits per heavy atom. The van der Waals surface area contributed by atoms with E-state index in [-0.39, 0.29) is 0 Å². The Labute approximate surface area is 103 Å². The van der Waals surface area contributed by atoms with E-state index in [0.717, 1.165) is 24.1 Å². The summed E-state index contributed by atoms with van der Waals surface area (Å²) in [6.45, 7) is 4.23. The summed E-state index contributed by atoms with van der Waals surface area (Å²) < 4.78 is 0. The van der Waals surface area contributed by atoms with Gasteiger partial charge in [-0.15, -0.1) is 0 Å². The summed E-state index contributed by atoms with van der Waals surface area (Å²) in [6.07, 6.45) is 3.31. The van der Waals surface area contributed by atoms with Gasteiger partial charge in [-0.25, -0.2) is 0 Å². The van der Waals surface area contributed by atoms with Crippen LogP contribution >= 0.6 is 0 Å². The Morgan fingerprint density at radius 1 is 1.18 bits per heavy atom. The van der Waals surface area contributed by atoms with Crippen LogP contribution in [0, 0.1) is 0 Å². The molecule has 0 unspecified atom stereocenters. The van der Waals surface area contributed by atoms with Crippen LogP contribution in [0.2, 0.25) is 0 Å². The molecule has 1 saturated carbocycles. The van der Waals surface area contributed by atoms with Gasteiger partial charge in [-0.1, -0.05) is 30.3 Å². The Bertz CT molecular complexity index is 441. The molecule has 1 aliphatic rings. The molecule has 0 heterocycles. The normalized spacial score (nSPS) is 21.2. The summed E-state index contributed by atoms with van der Waals surface area (Å²) in [4.78, 5) is 4.68. The molecule has 0 aromatic heterocycles. The van der Waals surface area contributed by atoms with Crippen molar-refractivity contribution in [3.8, 4) is 0 Å². The van der Waals surface area contributed by atoms with E-state index >= 15 is 0 Å². The van der Waals surface area contributed by atoms with Crippen molar-refractivity contribution in [3.63, 3.8) is 0 Å². The van der Waals surface area contributed by atoms with Gasteiger partial charge in [0.1, 0.15) is 0 Å². The fourth-order valence-corrected chi connectivity index (χ4v) is 2.26. The molecule has 0 atom stereocenters. The van der Waals surface area contributed by atoms with Gasteiger partial charge in [0.25, 0.3) is 0 Å². The SMILES string of the molecule is CC(C)N=C1CCCC1=C(N)c1ccccc1. The maximum atomic E-state index is 6.27. The molecule has 0 aliphatic heterocycles. The molecule has 1 aromatic carbocycles. The van der Waals surface area contributed by atoms with E-state index in [4.69, 9.17) is 5.73 Å². The Balaban J connectivity index is 2.37. The van der Waals surface area contributed by atoms with Crippen LogP contribution in [-0.4, -0.2) is 11.8 Å². The van der Waals surface area contributed by atoms with Crippen molar-refractivity contribution in [2.75, 3.05) is 0 Å². The zero-order valence-electron chi connectivity index (χ0n) is 10.6. The quantitative estimate of drug-likeness (QED) is 0.828. The number of benzene rings is 1. The Hall–Kier alpha value is -1.57. The number of rotatable bonds is 2. The predicted molar refractivity (Wildman–Crippen MR) is 74.0 cm³/mol. The highest BCUT2D eigenvalue weighted by Gasteiger charge is 2.19. The Kier molecular flexibility index (Phi) is 3.62. The first-order valence-corrected chi connectivity index (χ1v) is 6.29. The molecule has 0 radical (unpaired) electrons. The van der Waals surface area contributed by atoms with Crippen LogP contribution < -0.4 is 5.73 Å². The van der Waals surface area contributed by atoms with Crippen LogP contribution in [-0.2, 0) is 0 Å². The molecule has 2 nitrogen and oxygen atoms in total. The molecule has 90 valence electrons. The predicted octanol–water partition coefficient (Wildman–Crippen LogP) is 3.39. The number of hydrogen-bond acceptors (Lipinski definition) is 2. The van der Waals surface area contributed by atoms with Crippen molar-refractivity contribution >= 4 is 11.4 Å². The highest BCUT2D eigenvalue weighted by atomic mass is 14.8. The van der Waals surface area contributed by atoms with Crippen molar-refractivity contribution in [3.05, 3.63) is 41.5 Å². The molecule has 2 heteroatoms. The van der Waals surface area contributed by atoms with Gasteiger partial charge in [0.2, 0.25) is 0 Å². The average Bonchev–Trinajstić information content (AvgIpc) is 2.76. The molecular formula is C15H20N2. The highest BCUT2D eigenvalue weighted by molar-refractivity contribution is 6.07. The lowest BCUT2D eigenvalue weighted by molar-refractivity contribution is 0.831. The van der Waals surface area contributed by atoms with Crippen molar-refractivity contribution < 1.29 is 0 Å². The number of nitrogens with two attached hydrogens (primary N) is 1. The number of aliphatic imine (C=N–C) groups is 1. The second kappa shape index (κ2) is 5.17. The van der Waals surface area contributed by atoms with E-state index in [2.05, 4.69) is 31.0 Å². The zero-order chi connectivity index (χ0) is 12.3. The Morgan fingerprint density at radius 3 is 2.53 bits per heavy atom. The van der Waals surface area contributed by atoms with Gasteiger partial charge in [0.15, 0.2) is 0 Å². The minimum atomic E-state index is 0.349. The van der Waals surface area contributed by atoms with Crippen LogP contribution in [0.4, 0.5) is 0 Å². The van der Waals surface area contributed by atoms with E-state index in [1.165, 1.54) is 17.7 Å². The van der Waals surface area contributed by atoms with Gasteiger partial charge in [-0.3, -0.25) is 4.99 Å². The summed E-state index contributed by atoms with van der Waals surface area (Å²) >= 11 is 0. The third-order valence-corrected chi connectivity index (χ3v) is 3.01. The van der Waals surface area contributed by atoms with Crippen LogP contribution in [0.3, 0.4) is 0 Å². The summed E-state index contributed by atoms with van der Waals surface area (Å²) in [5, 5.41) is 0. The fourth-order valence-electron chi connectivity index (χ4n) is 2.26. The van der Waals surface area contributed by atoms with Gasteiger partial charge in [0.05, 0.1) is 0 Å². The van der Waals surface area contributed by atoms with E-state index in [9.17, 15) is 0 Å². The number of hydrogen-bond donors (Lipinski definition) is 1. The first-order valence-electron chi connectivity index (χ1n) is 6.29. The second-order valence-corrected chi connectivity index (χ2v) is 4.78. The van der Waals surface area contributed by atoms with E-state index in [1.54, 1.807) is 0 Å². The van der Waals surface area contributed by atoms with Gasteiger partial charge in [0, 0.05) is 17.5 Å². The van der Waals surface area contributed by atoms with E-state index in [1.807, 2.05) is 18.2 Å². The van der Waals surface area contributed by atoms with E-state index in [0.29, 0.717) is 6.04 Å². The fraction of sp³-hybridized carbons (Fsp3) is 0.400. The minimum absolute atomic E-state index is 0.349. The summed E-state index contributed by atoms with van der Waals surface area (Å²) in [6, 6.07) is 10.5. The lowest BCUT2D eigenvalue weighted by atomic mass is 10.0. The lowest BCUT2D eigenvalue weighted by Gasteiger charge is -2.09. The topological polar surface area (TPSA) is 38.4 Å². The standard InChI is InChI=1S/C15H20N2/c1-11(2)17-14-10-6-9-13(14)15(16)12-7-4-3-5-8-12/h3-5,7-8,11H,6,9-10,16H2,1-2H3. The van der Waals surface area contributed by atoms with Crippen molar-refractivity contribution in [2.45, 2.75) is 39.2 Å². The molecule has 1 aliphatic carbocycles. The molecule has 0 spiro atoms. The lowest BCUT2D eigenvalue weighted by Crippen LogP contribution is -2.07. The zero-order valence-corrected chi connectivity index (χ0v) is 10.6. The van der Waals surface area contributed by atoms with Crippen LogP contribution in [0.25, 0.3) is 5.70 Å². The smallest absolute Gasteiger partial charge is 0.0446 e. The molecule has 0 amide bonds. The number of allylic oxidation sites excluding steroid dienone is 1. The van der Waals surface area contributed by atoms with Crippen LogP contribution in [0.5, 0.6) is 0 Å². The molecule has 1 fully saturated rings. The molecule has 1 aromatic rings. The molecule has 2 rings (SSSR count). The first-order chi connectivity index (χ1) is 8.18.